The van der Waals surface area contributed by atoms with Crippen molar-refractivity contribution in [2.45, 2.75) is 4.90 Å². The summed E-state index contributed by atoms with van der Waals surface area (Å²) in [5.41, 5.74) is 2.05. The molecule has 1 fully saturated rings. The lowest BCUT2D eigenvalue weighted by molar-refractivity contribution is 0.198. The molecule has 0 aliphatic carbocycles. The lowest BCUT2D eigenvalue weighted by atomic mass is 10.2. The fourth-order valence-corrected chi connectivity index (χ4v) is 4.50. The second-order valence-corrected chi connectivity index (χ2v) is 9.51. The third-order valence-electron chi connectivity index (χ3n) is 5.48. The third-order valence-corrected chi connectivity index (χ3v) is 6.74. The van der Waals surface area contributed by atoms with E-state index in [2.05, 4.69) is 37.4 Å². The molecule has 34 heavy (non-hydrogen) atoms. The molecule has 3 aromatic rings. The van der Waals surface area contributed by atoms with Gasteiger partial charge in [0.2, 0.25) is 5.95 Å². The zero-order chi connectivity index (χ0) is 24.1. The van der Waals surface area contributed by atoms with Gasteiger partial charge in [0.1, 0.15) is 10.6 Å². The molecule has 1 aliphatic heterocycles. The molecule has 1 aromatic heterocycles. The van der Waals surface area contributed by atoms with E-state index in [0.717, 1.165) is 31.9 Å². The largest absolute Gasteiger partial charge is 0.383 e. The Morgan fingerprint density at radius 2 is 1.85 bits per heavy atom. The average molecular weight is 489 g/mol. The summed E-state index contributed by atoms with van der Waals surface area (Å²) in [6, 6.07) is 10.9. The summed E-state index contributed by atoms with van der Waals surface area (Å²) < 4.78 is 35.8. The first kappa shape index (κ1) is 23.8. The molecule has 0 saturated carbocycles. The number of ether oxygens (including phenoxy) is 1. The van der Waals surface area contributed by atoms with Gasteiger partial charge < -0.3 is 29.0 Å². The smallest absolute Gasteiger partial charge is 0.339 e. The number of benzene rings is 2. The van der Waals surface area contributed by atoms with Crippen LogP contribution in [0.5, 0.6) is 5.75 Å². The number of H-pyrrole nitrogens is 1. The number of hydrogen-bond donors (Lipinski definition) is 3. The summed E-state index contributed by atoms with van der Waals surface area (Å²) in [5.74, 6) is 0.361. The van der Waals surface area contributed by atoms with Crippen LogP contribution in [0.3, 0.4) is 0 Å². The second-order valence-electron chi connectivity index (χ2n) is 7.96. The van der Waals surface area contributed by atoms with Crippen LogP contribution in [0, 0.1) is 0 Å². The Labute approximate surface area is 198 Å². The van der Waals surface area contributed by atoms with Gasteiger partial charge in [0.15, 0.2) is 0 Å². The van der Waals surface area contributed by atoms with Gasteiger partial charge >= 0.3 is 16.1 Å². The van der Waals surface area contributed by atoms with Crippen molar-refractivity contribution in [1.82, 2.24) is 20.2 Å². The van der Waals surface area contributed by atoms with Crippen molar-refractivity contribution in [2.24, 2.45) is 0 Å². The van der Waals surface area contributed by atoms with E-state index in [4.69, 9.17) is 8.92 Å². The van der Waals surface area contributed by atoms with E-state index in [1.165, 1.54) is 12.1 Å². The number of likely N-dealkylation sites (N-methyl/N-ethyl adjacent to an activating group) is 1. The number of imidazole rings is 1. The number of nitrogens with one attached hydrogen (secondary N) is 3. The van der Waals surface area contributed by atoms with Crippen LogP contribution < -0.4 is 19.7 Å². The summed E-state index contributed by atoms with van der Waals surface area (Å²) in [7, 11) is -0.385. The van der Waals surface area contributed by atoms with Crippen molar-refractivity contribution in [2.75, 3.05) is 63.7 Å². The van der Waals surface area contributed by atoms with Gasteiger partial charge in [0.05, 0.1) is 17.6 Å². The minimum absolute atomic E-state index is 0.0742. The predicted molar refractivity (Wildman–Crippen MR) is 129 cm³/mol. The summed E-state index contributed by atoms with van der Waals surface area (Å²) in [6.07, 6.45) is 0. The van der Waals surface area contributed by atoms with Crippen molar-refractivity contribution in [3.8, 4) is 5.75 Å². The molecule has 11 nitrogen and oxygen atoms in total. The van der Waals surface area contributed by atoms with E-state index in [0.29, 0.717) is 24.2 Å². The Morgan fingerprint density at radius 3 is 2.56 bits per heavy atom. The van der Waals surface area contributed by atoms with Gasteiger partial charge in [-0.1, -0.05) is 0 Å². The fourth-order valence-electron chi connectivity index (χ4n) is 3.58. The summed E-state index contributed by atoms with van der Waals surface area (Å²) >= 11 is 0. The van der Waals surface area contributed by atoms with Crippen molar-refractivity contribution >= 4 is 38.8 Å². The van der Waals surface area contributed by atoms with Crippen LogP contribution in [0.2, 0.25) is 0 Å². The van der Waals surface area contributed by atoms with E-state index in [1.807, 2.05) is 0 Å². The number of carbonyl (C=O) groups is 1. The number of rotatable bonds is 8. The fraction of sp³-hybridized carbons (Fsp3) is 0.364. The molecule has 2 heterocycles. The monoisotopic (exact) mass is 488 g/mol. The first-order valence-corrected chi connectivity index (χ1v) is 12.3. The highest BCUT2D eigenvalue weighted by molar-refractivity contribution is 7.87. The SMILES string of the molecule is COCCNC(=O)Nc1nc2ccc(OS(=O)(=O)c3ccc(N4CCN(C)CC4)cc3)cc2[nH]1. The Kier molecular flexibility index (Phi) is 7.20. The molecule has 0 bridgehead atoms. The first-order valence-electron chi connectivity index (χ1n) is 10.9. The number of aromatic amines is 1. The summed E-state index contributed by atoms with van der Waals surface area (Å²) in [4.78, 5) is 23.6. The lowest BCUT2D eigenvalue weighted by Gasteiger charge is -2.34. The summed E-state index contributed by atoms with van der Waals surface area (Å²) in [6.45, 7) is 4.48. The molecule has 0 radical (unpaired) electrons. The minimum atomic E-state index is -4.02. The number of piperazine rings is 1. The molecular formula is C22H28N6O5S. The van der Waals surface area contributed by atoms with Crippen molar-refractivity contribution < 1.29 is 22.1 Å². The number of urea groups is 1. The van der Waals surface area contributed by atoms with Gasteiger partial charge in [-0.2, -0.15) is 8.42 Å². The van der Waals surface area contributed by atoms with Crippen LogP contribution in [-0.4, -0.2) is 82.8 Å². The highest BCUT2D eigenvalue weighted by Crippen LogP contribution is 2.25. The van der Waals surface area contributed by atoms with E-state index < -0.39 is 16.1 Å². The molecule has 3 N–H and O–H groups in total. The Bertz CT molecular complexity index is 1240. The van der Waals surface area contributed by atoms with Gasteiger partial charge in [-0.25, -0.2) is 9.78 Å². The number of carbonyl (C=O) groups excluding carboxylic acids is 1. The molecule has 1 aliphatic rings. The average Bonchev–Trinajstić information content (AvgIpc) is 3.21. The first-order chi connectivity index (χ1) is 16.3. The number of nitrogens with zero attached hydrogens (tertiary/aromatic N) is 3. The molecular weight excluding hydrogens is 460 g/mol. The van der Waals surface area contributed by atoms with Crippen LogP contribution in [0.25, 0.3) is 11.0 Å². The zero-order valence-corrected chi connectivity index (χ0v) is 19.9. The maximum Gasteiger partial charge on any atom is 0.339 e. The number of aromatic nitrogens is 2. The Hall–Kier alpha value is -3.35. The van der Waals surface area contributed by atoms with Gasteiger partial charge in [-0.15, -0.1) is 0 Å². The number of fused-ring (bicyclic) bond motifs is 1. The highest BCUT2D eigenvalue weighted by Gasteiger charge is 2.19. The quantitative estimate of drug-likeness (QED) is 0.324. The number of anilines is 2. The van der Waals surface area contributed by atoms with E-state index in [9.17, 15) is 13.2 Å². The molecule has 182 valence electrons. The normalized spacial score (nSPS) is 14.8. The zero-order valence-electron chi connectivity index (χ0n) is 19.1. The molecule has 0 spiro atoms. The standard InChI is InChI=1S/C22H28N6O5S/c1-27-10-12-28(13-11-27)16-3-6-18(7-4-16)34(30,31)33-17-5-8-19-20(15-17)25-21(24-19)26-22(29)23-9-14-32-2/h3-8,15H,9-14H2,1-2H3,(H3,23,24,25,26,29). The maximum absolute atomic E-state index is 12.8. The van der Waals surface area contributed by atoms with E-state index in [1.54, 1.807) is 37.4 Å². The Balaban J connectivity index is 1.42. The van der Waals surface area contributed by atoms with Crippen molar-refractivity contribution in [1.29, 1.82) is 0 Å². The van der Waals surface area contributed by atoms with Gasteiger partial charge in [0, 0.05) is 51.6 Å². The molecule has 0 atom stereocenters. The van der Waals surface area contributed by atoms with Gasteiger partial charge in [-0.3, -0.25) is 5.32 Å². The van der Waals surface area contributed by atoms with Gasteiger partial charge in [0.25, 0.3) is 0 Å². The predicted octanol–water partition coefficient (Wildman–Crippen LogP) is 1.85. The maximum atomic E-state index is 12.8. The van der Waals surface area contributed by atoms with Crippen LogP contribution in [-0.2, 0) is 14.9 Å². The highest BCUT2D eigenvalue weighted by atomic mass is 32.2. The molecule has 0 unspecified atom stereocenters. The number of amides is 2. The van der Waals surface area contributed by atoms with Crippen LogP contribution in [0.4, 0.5) is 16.4 Å². The van der Waals surface area contributed by atoms with Crippen LogP contribution in [0.15, 0.2) is 47.4 Å². The number of methoxy groups -OCH3 is 1. The van der Waals surface area contributed by atoms with Crippen molar-refractivity contribution in [3.05, 3.63) is 42.5 Å². The topological polar surface area (TPSA) is 129 Å². The van der Waals surface area contributed by atoms with Crippen LogP contribution in [0.1, 0.15) is 0 Å². The molecule has 1 saturated heterocycles. The Morgan fingerprint density at radius 1 is 1.12 bits per heavy atom. The molecule has 2 amide bonds. The van der Waals surface area contributed by atoms with Crippen LogP contribution >= 0.6 is 0 Å². The van der Waals surface area contributed by atoms with E-state index in [-0.39, 0.29) is 16.6 Å². The van der Waals surface area contributed by atoms with E-state index >= 15 is 0 Å². The molecule has 4 rings (SSSR count). The number of hydrogen-bond acceptors (Lipinski definition) is 8. The van der Waals surface area contributed by atoms with Gasteiger partial charge in [-0.05, 0) is 43.4 Å². The summed E-state index contributed by atoms with van der Waals surface area (Å²) in [5, 5.41) is 5.20. The second kappa shape index (κ2) is 10.3. The molecule has 2 aromatic carbocycles. The molecule has 12 heteroatoms. The lowest BCUT2D eigenvalue weighted by Crippen LogP contribution is -2.44. The minimum Gasteiger partial charge on any atom is -0.383 e. The van der Waals surface area contributed by atoms with Crippen molar-refractivity contribution in [3.63, 3.8) is 0 Å². The third kappa shape index (κ3) is 5.76.